The van der Waals surface area contributed by atoms with Gasteiger partial charge in [-0.05, 0) is 27.8 Å². The molecule has 1 nitrogen and oxygen atoms in total. The summed E-state index contributed by atoms with van der Waals surface area (Å²) >= 11 is 4.35. The summed E-state index contributed by atoms with van der Waals surface area (Å²) in [5.74, 6) is 0.662. The normalized spacial score (nSPS) is 34.2. The van der Waals surface area contributed by atoms with Crippen LogP contribution in [0.4, 0.5) is 0 Å². The Morgan fingerprint density at radius 1 is 0.581 bits per heavy atom. The largest absolute Gasteiger partial charge is 0.348 e. The van der Waals surface area contributed by atoms with Crippen LogP contribution in [0.15, 0.2) is 115 Å². The van der Waals surface area contributed by atoms with E-state index < -0.39 is 11.2 Å². The highest BCUT2D eigenvalue weighted by atomic mass is 79.9. The molecule has 1 aliphatic carbocycles. The zero-order chi connectivity index (χ0) is 20.7. The second-order valence-electron chi connectivity index (χ2n) is 8.93. The first-order chi connectivity index (χ1) is 15.2. The number of hydrogen-bond acceptors (Lipinski definition) is 1. The minimum absolute atomic E-state index is 0.201. The highest BCUT2D eigenvalue weighted by Gasteiger charge is 2.90. The van der Waals surface area contributed by atoms with Crippen molar-refractivity contribution in [2.75, 3.05) is 0 Å². The van der Waals surface area contributed by atoms with E-state index in [1.807, 2.05) is 0 Å². The maximum absolute atomic E-state index is 7.36. The SMILES string of the molecule is Br[C@]12[C@H]([C@@H]1c1ccccc1)[C@]1(c3ccccc3)O[C@@]2(c2ccccc2)c2ccccc21. The number of fused-ring (bicyclic) bond motifs is 8. The molecule has 1 saturated heterocycles. The average molecular weight is 465 g/mol. The van der Waals surface area contributed by atoms with E-state index >= 15 is 0 Å². The fourth-order valence-electron chi connectivity index (χ4n) is 6.59. The van der Waals surface area contributed by atoms with Gasteiger partial charge in [0.15, 0.2) is 0 Å². The molecule has 2 heterocycles. The van der Waals surface area contributed by atoms with Crippen LogP contribution in [0.3, 0.4) is 0 Å². The Labute approximate surface area is 190 Å². The van der Waals surface area contributed by atoms with Gasteiger partial charge in [-0.3, -0.25) is 0 Å². The van der Waals surface area contributed by atoms with Gasteiger partial charge in [0.25, 0.3) is 0 Å². The lowest BCUT2D eigenvalue weighted by molar-refractivity contribution is -0.0712. The van der Waals surface area contributed by atoms with Crippen LogP contribution in [-0.2, 0) is 15.9 Å². The first kappa shape index (κ1) is 17.9. The van der Waals surface area contributed by atoms with Crippen LogP contribution in [0.2, 0.25) is 0 Å². The Balaban J connectivity index is 1.58. The third-order valence-electron chi connectivity index (χ3n) is 7.67. The summed E-state index contributed by atoms with van der Waals surface area (Å²) in [5.41, 5.74) is 5.42. The van der Waals surface area contributed by atoms with Crippen molar-refractivity contribution in [1.29, 1.82) is 0 Å². The first-order valence-electron chi connectivity index (χ1n) is 10.9. The highest BCUT2D eigenvalue weighted by Crippen LogP contribution is 2.87. The Morgan fingerprint density at radius 2 is 1.10 bits per heavy atom. The Kier molecular flexibility index (Phi) is 3.45. The number of halogens is 1. The molecule has 0 spiro atoms. The maximum atomic E-state index is 7.36. The molecule has 0 aromatic heterocycles. The van der Waals surface area contributed by atoms with Gasteiger partial charge in [0.1, 0.15) is 11.2 Å². The summed E-state index contributed by atoms with van der Waals surface area (Å²) in [7, 11) is 0. The van der Waals surface area contributed by atoms with Crippen molar-refractivity contribution >= 4 is 15.9 Å². The van der Waals surface area contributed by atoms with Gasteiger partial charge < -0.3 is 4.74 Å². The Hall–Kier alpha value is -2.68. The van der Waals surface area contributed by atoms with Crippen molar-refractivity contribution in [1.82, 2.24) is 0 Å². The number of alkyl halides is 1. The molecule has 4 aromatic rings. The van der Waals surface area contributed by atoms with Gasteiger partial charge in [0, 0.05) is 11.8 Å². The minimum Gasteiger partial charge on any atom is -0.348 e. The monoisotopic (exact) mass is 464 g/mol. The second-order valence-corrected chi connectivity index (χ2v) is 10.2. The quantitative estimate of drug-likeness (QED) is 0.304. The molecule has 150 valence electrons. The second kappa shape index (κ2) is 5.97. The van der Waals surface area contributed by atoms with Crippen LogP contribution in [0.5, 0.6) is 0 Å². The summed E-state index contributed by atoms with van der Waals surface area (Å²) < 4.78 is 7.16. The van der Waals surface area contributed by atoms with Gasteiger partial charge in [-0.1, -0.05) is 131 Å². The molecule has 2 bridgehead atoms. The van der Waals surface area contributed by atoms with E-state index in [4.69, 9.17) is 4.74 Å². The molecule has 31 heavy (non-hydrogen) atoms. The molecule has 0 N–H and O–H groups in total. The van der Waals surface area contributed by atoms with E-state index in [1.165, 1.54) is 27.8 Å². The van der Waals surface area contributed by atoms with Gasteiger partial charge in [-0.25, -0.2) is 0 Å². The molecule has 2 aliphatic heterocycles. The van der Waals surface area contributed by atoms with E-state index in [2.05, 4.69) is 131 Å². The summed E-state index contributed by atoms with van der Waals surface area (Å²) in [6.07, 6.45) is 0. The fourth-order valence-corrected chi connectivity index (χ4v) is 8.10. The van der Waals surface area contributed by atoms with Crippen LogP contribution >= 0.6 is 15.9 Å². The zero-order valence-electron chi connectivity index (χ0n) is 16.9. The van der Waals surface area contributed by atoms with E-state index in [0.29, 0.717) is 11.8 Å². The maximum Gasteiger partial charge on any atom is 0.136 e. The van der Waals surface area contributed by atoms with Crippen molar-refractivity contribution in [3.05, 3.63) is 143 Å². The smallest absolute Gasteiger partial charge is 0.136 e. The van der Waals surface area contributed by atoms with Crippen molar-refractivity contribution in [3.63, 3.8) is 0 Å². The topological polar surface area (TPSA) is 9.23 Å². The van der Waals surface area contributed by atoms with Crippen molar-refractivity contribution < 1.29 is 4.74 Å². The molecular weight excluding hydrogens is 444 g/mol. The molecule has 5 atom stereocenters. The predicted octanol–water partition coefficient (Wildman–Crippen LogP) is 6.76. The van der Waals surface area contributed by atoms with Crippen LogP contribution in [0.1, 0.15) is 33.7 Å². The van der Waals surface area contributed by atoms with Gasteiger partial charge in [0.2, 0.25) is 0 Å². The number of rotatable bonds is 3. The average Bonchev–Trinajstić information content (AvgIpc) is 3.28. The van der Waals surface area contributed by atoms with E-state index in [1.54, 1.807) is 0 Å². The molecule has 0 radical (unpaired) electrons. The molecular formula is C29H21BrO. The van der Waals surface area contributed by atoms with E-state index in [9.17, 15) is 0 Å². The summed E-state index contributed by atoms with van der Waals surface area (Å²) in [6, 6.07) is 41.4. The molecule has 2 fully saturated rings. The number of hydrogen-bond donors (Lipinski definition) is 0. The van der Waals surface area contributed by atoms with Crippen LogP contribution in [0, 0.1) is 5.92 Å². The van der Waals surface area contributed by atoms with Crippen LogP contribution < -0.4 is 0 Å². The third-order valence-corrected chi connectivity index (χ3v) is 9.21. The zero-order valence-corrected chi connectivity index (χ0v) is 18.5. The Morgan fingerprint density at radius 3 is 1.74 bits per heavy atom. The molecule has 3 aliphatic rings. The van der Waals surface area contributed by atoms with Crippen molar-refractivity contribution in [2.24, 2.45) is 5.92 Å². The lowest BCUT2D eigenvalue weighted by Gasteiger charge is -2.35. The molecule has 7 rings (SSSR count). The van der Waals surface area contributed by atoms with Gasteiger partial charge in [-0.15, -0.1) is 0 Å². The minimum atomic E-state index is -0.536. The lowest BCUT2D eigenvalue weighted by atomic mass is 9.72. The Bertz CT molecular complexity index is 1290. The first-order valence-corrected chi connectivity index (χ1v) is 11.7. The molecule has 0 amide bonds. The highest BCUT2D eigenvalue weighted by molar-refractivity contribution is 9.10. The van der Waals surface area contributed by atoms with E-state index in [-0.39, 0.29) is 4.32 Å². The van der Waals surface area contributed by atoms with Gasteiger partial charge >= 0.3 is 0 Å². The molecule has 1 saturated carbocycles. The van der Waals surface area contributed by atoms with Crippen molar-refractivity contribution in [3.8, 4) is 0 Å². The predicted molar refractivity (Wildman–Crippen MR) is 126 cm³/mol. The van der Waals surface area contributed by atoms with E-state index in [0.717, 1.165) is 0 Å². The standard InChI is InChI=1S/C29H21BrO/c30-28-25(20-12-4-1-5-13-20)26(28)27(21-14-6-2-7-15-21)23-18-10-11-19-24(23)29(28,31-27)22-16-8-3-9-17-22/h1-19,25-26H/t25-,26+,27+,28-,29-/m0/s1. The summed E-state index contributed by atoms with van der Waals surface area (Å²) in [6.45, 7) is 0. The number of ether oxygens (including phenoxy) is 1. The summed E-state index contributed by atoms with van der Waals surface area (Å²) in [4.78, 5) is 0. The molecule has 2 heteroatoms. The van der Waals surface area contributed by atoms with Crippen molar-refractivity contribution in [2.45, 2.75) is 21.4 Å². The summed E-state index contributed by atoms with van der Waals surface area (Å²) in [5, 5.41) is 0. The molecule has 0 unspecified atom stereocenters. The fraction of sp³-hybridized carbons (Fsp3) is 0.172. The molecule has 4 aromatic carbocycles. The number of benzene rings is 4. The van der Waals surface area contributed by atoms with Gasteiger partial charge in [0.05, 0.1) is 4.32 Å². The lowest BCUT2D eigenvalue weighted by Crippen LogP contribution is -2.38. The van der Waals surface area contributed by atoms with Crippen LogP contribution in [-0.4, -0.2) is 4.32 Å². The third kappa shape index (κ3) is 1.93. The van der Waals surface area contributed by atoms with Gasteiger partial charge in [-0.2, -0.15) is 0 Å². The van der Waals surface area contributed by atoms with Crippen LogP contribution in [0.25, 0.3) is 0 Å².